The van der Waals surface area contributed by atoms with Crippen LogP contribution >= 0.6 is 11.6 Å². The molecule has 0 aliphatic heterocycles. The lowest BCUT2D eigenvalue weighted by Gasteiger charge is -2.13. The second-order valence-electron chi connectivity index (χ2n) is 6.14. The maximum Gasteiger partial charge on any atom is 0.254 e. The third-order valence-electron chi connectivity index (χ3n) is 3.90. The molecule has 22 heavy (non-hydrogen) atoms. The van der Waals surface area contributed by atoms with Crippen LogP contribution in [0.1, 0.15) is 48.7 Å². The van der Waals surface area contributed by atoms with Crippen LogP contribution in [0.15, 0.2) is 30.5 Å². The standard InChI is InChI=1S/C17H20ClN3O/c1-11(2)16-15(17(22)19-9-12-6-7-12)10-20-21(16)14-5-3-4-13(18)8-14/h3-5,8,10-12H,6-7,9H2,1-2H3,(H,19,22). The summed E-state index contributed by atoms with van der Waals surface area (Å²) in [4.78, 5) is 12.4. The predicted molar refractivity (Wildman–Crippen MR) is 87.7 cm³/mol. The number of amides is 1. The van der Waals surface area contributed by atoms with E-state index in [-0.39, 0.29) is 11.8 Å². The van der Waals surface area contributed by atoms with Crippen molar-refractivity contribution in [2.24, 2.45) is 5.92 Å². The molecule has 116 valence electrons. The van der Waals surface area contributed by atoms with E-state index in [0.29, 0.717) is 16.5 Å². The minimum Gasteiger partial charge on any atom is -0.352 e. The first kappa shape index (κ1) is 15.1. The maximum absolute atomic E-state index is 12.4. The Labute approximate surface area is 135 Å². The Morgan fingerprint density at radius 1 is 1.45 bits per heavy atom. The molecule has 1 saturated carbocycles. The first-order chi connectivity index (χ1) is 10.6. The third-order valence-corrected chi connectivity index (χ3v) is 4.13. The van der Waals surface area contributed by atoms with E-state index in [1.165, 1.54) is 12.8 Å². The van der Waals surface area contributed by atoms with Crippen molar-refractivity contribution in [3.8, 4) is 5.69 Å². The molecule has 1 heterocycles. The fourth-order valence-electron chi connectivity index (χ4n) is 2.56. The zero-order chi connectivity index (χ0) is 15.7. The number of benzene rings is 1. The van der Waals surface area contributed by atoms with Crippen LogP contribution in [0.4, 0.5) is 0 Å². The minimum atomic E-state index is -0.0381. The lowest BCUT2D eigenvalue weighted by atomic mass is 10.0. The molecule has 4 nitrogen and oxygen atoms in total. The second kappa shape index (κ2) is 6.13. The van der Waals surface area contributed by atoms with Crippen molar-refractivity contribution in [1.29, 1.82) is 0 Å². The highest BCUT2D eigenvalue weighted by atomic mass is 35.5. The van der Waals surface area contributed by atoms with E-state index in [1.807, 2.05) is 28.9 Å². The van der Waals surface area contributed by atoms with Crippen LogP contribution in [0.25, 0.3) is 5.69 Å². The first-order valence-corrected chi connectivity index (χ1v) is 8.06. The summed E-state index contributed by atoms with van der Waals surface area (Å²) < 4.78 is 1.81. The van der Waals surface area contributed by atoms with E-state index in [9.17, 15) is 4.79 Å². The van der Waals surface area contributed by atoms with Crippen molar-refractivity contribution in [2.45, 2.75) is 32.6 Å². The number of hydrogen-bond donors (Lipinski definition) is 1. The number of halogens is 1. The zero-order valence-electron chi connectivity index (χ0n) is 12.8. The molecule has 1 amide bonds. The van der Waals surface area contributed by atoms with Crippen molar-refractivity contribution in [1.82, 2.24) is 15.1 Å². The van der Waals surface area contributed by atoms with E-state index in [1.54, 1.807) is 6.20 Å². The van der Waals surface area contributed by atoms with Gasteiger partial charge in [0.05, 0.1) is 23.1 Å². The summed E-state index contributed by atoms with van der Waals surface area (Å²) in [6, 6.07) is 7.51. The predicted octanol–water partition coefficient (Wildman–Crippen LogP) is 3.79. The number of hydrogen-bond acceptors (Lipinski definition) is 2. The Morgan fingerprint density at radius 2 is 2.23 bits per heavy atom. The molecule has 5 heteroatoms. The lowest BCUT2D eigenvalue weighted by Crippen LogP contribution is -2.26. The Kier molecular flexibility index (Phi) is 4.21. The largest absolute Gasteiger partial charge is 0.352 e. The van der Waals surface area contributed by atoms with Crippen molar-refractivity contribution in [3.63, 3.8) is 0 Å². The summed E-state index contributed by atoms with van der Waals surface area (Å²) in [6.07, 6.45) is 4.09. The average Bonchev–Trinajstić information content (AvgIpc) is 3.20. The van der Waals surface area contributed by atoms with Crippen molar-refractivity contribution < 1.29 is 4.79 Å². The summed E-state index contributed by atoms with van der Waals surface area (Å²) >= 11 is 6.07. The van der Waals surface area contributed by atoms with Gasteiger partial charge in [-0.25, -0.2) is 4.68 Å². The van der Waals surface area contributed by atoms with Crippen LogP contribution in [0.5, 0.6) is 0 Å². The number of nitrogens with one attached hydrogen (secondary N) is 1. The number of aromatic nitrogens is 2. The smallest absolute Gasteiger partial charge is 0.254 e. The van der Waals surface area contributed by atoms with Gasteiger partial charge in [-0.3, -0.25) is 4.79 Å². The molecule has 0 bridgehead atoms. The van der Waals surface area contributed by atoms with Gasteiger partial charge in [0.2, 0.25) is 0 Å². The third kappa shape index (κ3) is 3.17. The van der Waals surface area contributed by atoms with Gasteiger partial charge in [0.1, 0.15) is 0 Å². The quantitative estimate of drug-likeness (QED) is 0.912. The van der Waals surface area contributed by atoms with Gasteiger partial charge >= 0.3 is 0 Å². The topological polar surface area (TPSA) is 46.9 Å². The van der Waals surface area contributed by atoms with Gasteiger partial charge in [-0.05, 0) is 42.9 Å². The molecule has 2 aromatic rings. The molecule has 0 unspecified atom stereocenters. The summed E-state index contributed by atoms with van der Waals surface area (Å²) in [5.41, 5.74) is 2.43. The minimum absolute atomic E-state index is 0.0381. The summed E-state index contributed by atoms with van der Waals surface area (Å²) in [7, 11) is 0. The first-order valence-electron chi connectivity index (χ1n) is 7.68. The van der Waals surface area contributed by atoms with E-state index < -0.39 is 0 Å². The Balaban J connectivity index is 1.92. The summed E-state index contributed by atoms with van der Waals surface area (Å²) in [6.45, 7) is 4.89. The summed E-state index contributed by atoms with van der Waals surface area (Å²) in [5.74, 6) is 0.807. The molecule has 1 aromatic carbocycles. The molecule has 0 radical (unpaired) electrons. The fourth-order valence-corrected chi connectivity index (χ4v) is 2.74. The molecule has 1 fully saturated rings. The van der Waals surface area contributed by atoms with Crippen LogP contribution in [0.3, 0.4) is 0 Å². The van der Waals surface area contributed by atoms with Crippen LogP contribution < -0.4 is 5.32 Å². The van der Waals surface area contributed by atoms with Gasteiger partial charge in [-0.15, -0.1) is 0 Å². The molecule has 3 rings (SSSR count). The van der Waals surface area contributed by atoms with Gasteiger partial charge < -0.3 is 5.32 Å². The zero-order valence-corrected chi connectivity index (χ0v) is 13.6. The van der Waals surface area contributed by atoms with Gasteiger partial charge in [-0.1, -0.05) is 31.5 Å². The highest BCUT2D eigenvalue weighted by molar-refractivity contribution is 6.30. The highest BCUT2D eigenvalue weighted by Gasteiger charge is 2.24. The number of rotatable bonds is 5. The monoisotopic (exact) mass is 317 g/mol. The molecule has 0 saturated heterocycles. The molecular weight excluding hydrogens is 298 g/mol. The molecule has 1 aromatic heterocycles. The Morgan fingerprint density at radius 3 is 2.86 bits per heavy atom. The lowest BCUT2D eigenvalue weighted by molar-refractivity contribution is 0.0950. The Hall–Kier alpha value is -1.81. The molecule has 1 aliphatic carbocycles. The van der Waals surface area contributed by atoms with Crippen LogP contribution in [-0.4, -0.2) is 22.2 Å². The molecule has 0 spiro atoms. The molecule has 1 N–H and O–H groups in total. The number of carbonyl (C=O) groups excluding carboxylic acids is 1. The van der Waals surface area contributed by atoms with Crippen LogP contribution in [0.2, 0.25) is 5.02 Å². The van der Waals surface area contributed by atoms with Gasteiger partial charge in [-0.2, -0.15) is 5.10 Å². The van der Waals surface area contributed by atoms with E-state index in [4.69, 9.17) is 11.6 Å². The summed E-state index contributed by atoms with van der Waals surface area (Å²) in [5, 5.41) is 8.08. The number of carbonyl (C=O) groups is 1. The van der Waals surface area contributed by atoms with Crippen molar-refractivity contribution >= 4 is 17.5 Å². The molecular formula is C17H20ClN3O. The van der Waals surface area contributed by atoms with E-state index >= 15 is 0 Å². The second-order valence-corrected chi connectivity index (χ2v) is 6.58. The maximum atomic E-state index is 12.4. The van der Waals surface area contributed by atoms with Crippen molar-refractivity contribution in [3.05, 3.63) is 46.7 Å². The fraction of sp³-hybridized carbons (Fsp3) is 0.412. The van der Waals surface area contributed by atoms with Crippen LogP contribution in [0, 0.1) is 5.92 Å². The SMILES string of the molecule is CC(C)c1c(C(=O)NCC2CC2)cnn1-c1cccc(Cl)c1. The van der Waals surface area contributed by atoms with E-state index in [2.05, 4.69) is 24.3 Å². The highest BCUT2D eigenvalue weighted by Crippen LogP contribution is 2.28. The normalized spacial score (nSPS) is 14.4. The van der Waals surface area contributed by atoms with E-state index in [0.717, 1.165) is 17.9 Å². The van der Waals surface area contributed by atoms with Crippen molar-refractivity contribution in [2.75, 3.05) is 6.54 Å². The average molecular weight is 318 g/mol. The van der Waals surface area contributed by atoms with Gasteiger partial charge in [0.15, 0.2) is 0 Å². The van der Waals surface area contributed by atoms with Gasteiger partial charge in [0, 0.05) is 11.6 Å². The van der Waals surface area contributed by atoms with Crippen LogP contribution in [-0.2, 0) is 0 Å². The molecule has 0 atom stereocenters. The Bertz CT molecular complexity index is 689. The molecule has 1 aliphatic rings. The van der Waals surface area contributed by atoms with Gasteiger partial charge in [0.25, 0.3) is 5.91 Å². The number of nitrogens with zero attached hydrogens (tertiary/aromatic N) is 2.